The van der Waals surface area contributed by atoms with E-state index >= 15 is 0 Å². The van der Waals surface area contributed by atoms with Crippen LogP contribution in [-0.2, 0) is 11.3 Å². The number of oxazole rings is 1. The summed E-state index contributed by atoms with van der Waals surface area (Å²) in [6.45, 7) is 1.24. The molecule has 0 fully saturated rings. The zero-order valence-electron chi connectivity index (χ0n) is 11.5. The third-order valence-corrected chi connectivity index (χ3v) is 3.74. The lowest BCUT2D eigenvalue weighted by atomic mass is 10.1. The van der Waals surface area contributed by atoms with Gasteiger partial charge in [0.05, 0.1) is 5.52 Å². The van der Waals surface area contributed by atoms with Crippen molar-refractivity contribution in [2.75, 3.05) is 5.32 Å². The fraction of sp³-hybridized carbons (Fsp3) is 0.143. The second-order valence-electron chi connectivity index (χ2n) is 4.58. The molecule has 0 unspecified atom stereocenters. The van der Waals surface area contributed by atoms with Crippen molar-refractivity contribution in [3.8, 4) is 0 Å². The number of nitrogens with zero attached hydrogens (tertiary/aromatic N) is 2. The Morgan fingerprint density at radius 3 is 2.91 bits per heavy atom. The molecule has 0 saturated carbocycles. The van der Waals surface area contributed by atoms with E-state index in [0.29, 0.717) is 16.2 Å². The Kier molecular flexibility index (Phi) is 3.60. The molecule has 2 aromatic heterocycles. The van der Waals surface area contributed by atoms with Crippen LogP contribution in [0.4, 0.5) is 5.13 Å². The Bertz CT molecular complexity index is 908. The monoisotopic (exact) mass is 317 g/mol. The van der Waals surface area contributed by atoms with Gasteiger partial charge in [0.15, 0.2) is 16.5 Å². The van der Waals surface area contributed by atoms with Crippen LogP contribution in [0.3, 0.4) is 0 Å². The van der Waals surface area contributed by atoms with Crippen LogP contribution >= 0.6 is 11.3 Å². The number of ketones is 1. The molecule has 3 rings (SSSR count). The fourth-order valence-electron chi connectivity index (χ4n) is 2.02. The molecule has 7 nitrogen and oxygen atoms in total. The van der Waals surface area contributed by atoms with E-state index in [2.05, 4.69) is 10.3 Å². The number of benzene rings is 1. The molecular weight excluding hydrogens is 306 g/mol. The van der Waals surface area contributed by atoms with Crippen LogP contribution in [0.15, 0.2) is 39.0 Å². The molecule has 1 aromatic carbocycles. The van der Waals surface area contributed by atoms with Crippen molar-refractivity contribution in [1.82, 2.24) is 9.55 Å². The van der Waals surface area contributed by atoms with E-state index in [0.717, 1.165) is 0 Å². The minimum atomic E-state index is -0.648. The average molecular weight is 317 g/mol. The largest absolute Gasteiger partial charge is 0.420 e. The fourth-order valence-corrected chi connectivity index (χ4v) is 2.57. The SMILES string of the molecule is CC(=O)c1ccc2c(c1)oc(=O)n2CC(=O)Nc1nccs1. The molecule has 0 aliphatic heterocycles. The van der Waals surface area contributed by atoms with Crippen molar-refractivity contribution in [3.63, 3.8) is 0 Å². The first-order valence-electron chi connectivity index (χ1n) is 6.38. The molecule has 0 aliphatic rings. The van der Waals surface area contributed by atoms with Crippen molar-refractivity contribution >= 4 is 39.3 Å². The topological polar surface area (TPSA) is 94.2 Å². The quantitative estimate of drug-likeness (QED) is 0.742. The second-order valence-corrected chi connectivity index (χ2v) is 5.47. The number of rotatable bonds is 4. The van der Waals surface area contributed by atoms with Gasteiger partial charge in [0.1, 0.15) is 6.54 Å². The van der Waals surface area contributed by atoms with E-state index in [1.54, 1.807) is 23.7 Å². The minimum absolute atomic E-state index is 0.126. The van der Waals surface area contributed by atoms with Gasteiger partial charge >= 0.3 is 5.76 Å². The number of nitrogens with one attached hydrogen (secondary N) is 1. The van der Waals surface area contributed by atoms with Crippen LogP contribution in [0, 0.1) is 0 Å². The summed E-state index contributed by atoms with van der Waals surface area (Å²) >= 11 is 1.29. The maximum absolute atomic E-state index is 11.9. The van der Waals surface area contributed by atoms with Gasteiger partial charge in [-0.25, -0.2) is 9.78 Å². The summed E-state index contributed by atoms with van der Waals surface area (Å²) in [6, 6.07) is 4.68. The number of carbonyl (C=O) groups excluding carboxylic acids is 2. The molecule has 0 atom stereocenters. The van der Waals surface area contributed by atoms with Crippen LogP contribution in [0.25, 0.3) is 11.1 Å². The van der Waals surface area contributed by atoms with E-state index in [4.69, 9.17) is 4.42 Å². The normalized spacial score (nSPS) is 10.8. The number of anilines is 1. The summed E-state index contributed by atoms with van der Waals surface area (Å²) in [5, 5.41) is 4.79. The lowest BCUT2D eigenvalue weighted by molar-refractivity contribution is -0.116. The minimum Gasteiger partial charge on any atom is -0.408 e. The van der Waals surface area contributed by atoms with Gasteiger partial charge in [-0.3, -0.25) is 14.2 Å². The molecule has 0 bridgehead atoms. The number of amides is 1. The molecule has 22 heavy (non-hydrogen) atoms. The summed E-state index contributed by atoms with van der Waals surface area (Å²) in [5.41, 5.74) is 1.18. The van der Waals surface area contributed by atoms with Crippen LogP contribution < -0.4 is 11.1 Å². The standard InChI is InChI=1S/C14H11N3O4S/c1-8(18)9-2-3-10-11(6-9)21-14(20)17(10)7-12(19)16-13-15-4-5-22-13/h2-6H,7H2,1H3,(H,15,16,19). The molecule has 1 N–H and O–H groups in total. The van der Waals surface area contributed by atoms with Gasteiger partial charge < -0.3 is 9.73 Å². The van der Waals surface area contributed by atoms with Crippen LogP contribution in [0.1, 0.15) is 17.3 Å². The summed E-state index contributed by atoms with van der Waals surface area (Å²) in [6.07, 6.45) is 1.57. The van der Waals surface area contributed by atoms with Crippen LogP contribution in [-0.4, -0.2) is 21.2 Å². The van der Waals surface area contributed by atoms with E-state index in [9.17, 15) is 14.4 Å². The third kappa shape index (κ3) is 2.68. The summed E-state index contributed by atoms with van der Waals surface area (Å²) in [5.74, 6) is -1.15. The maximum Gasteiger partial charge on any atom is 0.420 e. The average Bonchev–Trinajstić information content (AvgIpc) is 3.07. The van der Waals surface area contributed by atoms with Gasteiger partial charge in [-0.2, -0.15) is 0 Å². The van der Waals surface area contributed by atoms with Gasteiger partial charge in [0, 0.05) is 17.1 Å². The molecule has 0 saturated heterocycles. The lowest BCUT2D eigenvalue weighted by Crippen LogP contribution is -2.24. The Labute approximate surface area is 128 Å². The van der Waals surface area contributed by atoms with Gasteiger partial charge in [-0.1, -0.05) is 0 Å². The Hall–Kier alpha value is -2.74. The van der Waals surface area contributed by atoms with Crippen molar-refractivity contribution in [1.29, 1.82) is 0 Å². The van der Waals surface area contributed by atoms with E-state index < -0.39 is 5.76 Å². The van der Waals surface area contributed by atoms with Crippen molar-refractivity contribution in [3.05, 3.63) is 45.9 Å². The smallest absolute Gasteiger partial charge is 0.408 e. The zero-order chi connectivity index (χ0) is 15.7. The first kappa shape index (κ1) is 14.2. The Morgan fingerprint density at radius 1 is 1.41 bits per heavy atom. The van der Waals surface area contributed by atoms with E-state index in [1.807, 2.05) is 0 Å². The summed E-state index contributed by atoms with van der Waals surface area (Å²) in [7, 11) is 0. The summed E-state index contributed by atoms with van der Waals surface area (Å²) < 4.78 is 6.30. The Balaban J connectivity index is 1.90. The molecule has 0 aliphatic carbocycles. The summed E-state index contributed by atoms with van der Waals surface area (Å²) in [4.78, 5) is 39.1. The number of hydrogen-bond donors (Lipinski definition) is 1. The van der Waals surface area contributed by atoms with Crippen LogP contribution in [0.2, 0.25) is 0 Å². The predicted molar refractivity (Wildman–Crippen MR) is 81.2 cm³/mol. The third-order valence-electron chi connectivity index (χ3n) is 3.06. The maximum atomic E-state index is 11.9. The highest BCUT2D eigenvalue weighted by Crippen LogP contribution is 2.16. The number of carbonyl (C=O) groups is 2. The van der Waals surface area contributed by atoms with Crippen molar-refractivity contribution in [2.24, 2.45) is 0 Å². The highest BCUT2D eigenvalue weighted by Gasteiger charge is 2.14. The number of Topliss-reactive ketones (excluding diaryl/α,β-unsaturated/α-hetero) is 1. The van der Waals surface area contributed by atoms with Gasteiger partial charge in [-0.05, 0) is 25.1 Å². The number of fused-ring (bicyclic) bond motifs is 1. The first-order valence-corrected chi connectivity index (χ1v) is 7.26. The number of thiazole rings is 1. The highest BCUT2D eigenvalue weighted by atomic mass is 32.1. The predicted octanol–water partition coefficient (Wildman–Crippen LogP) is 1.89. The van der Waals surface area contributed by atoms with Gasteiger partial charge in [0.25, 0.3) is 0 Å². The van der Waals surface area contributed by atoms with Gasteiger partial charge in [-0.15, -0.1) is 11.3 Å². The molecule has 0 radical (unpaired) electrons. The molecule has 1 amide bonds. The van der Waals surface area contributed by atoms with E-state index in [1.165, 1.54) is 28.9 Å². The molecule has 0 spiro atoms. The number of aromatic nitrogens is 2. The highest BCUT2D eigenvalue weighted by molar-refractivity contribution is 7.13. The first-order chi connectivity index (χ1) is 10.5. The van der Waals surface area contributed by atoms with E-state index in [-0.39, 0.29) is 23.8 Å². The lowest BCUT2D eigenvalue weighted by Gasteiger charge is -2.02. The molecular formula is C14H11N3O4S. The van der Waals surface area contributed by atoms with Crippen molar-refractivity contribution in [2.45, 2.75) is 13.5 Å². The van der Waals surface area contributed by atoms with Crippen molar-refractivity contribution < 1.29 is 14.0 Å². The second kappa shape index (κ2) is 5.57. The molecule has 112 valence electrons. The Morgan fingerprint density at radius 2 is 2.23 bits per heavy atom. The molecule has 8 heteroatoms. The molecule has 3 aromatic rings. The van der Waals surface area contributed by atoms with Crippen LogP contribution in [0.5, 0.6) is 0 Å². The zero-order valence-corrected chi connectivity index (χ0v) is 12.3. The molecule has 2 heterocycles. The van der Waals surface area contributed by atoms with Gasteiger partial charge in [0.2, 0.25) is 5.91 Å². The number of hydrogen-bond acceptors (Lipinski definition) is 6.